The summed E-state index contributed by atoms with van der Waals surface area (Å²) in [4.78, 5) is 12.0. The molecule has 2 heteroatoms. The summed E-state index contributed by atoms with van der Waals surface area (Å²) < 4.78 is 5.35. The van der Waals surface area contributed by atoms with Crippen LogP contribution in [0.25, 0.3) is 0 Å². The molecule has 0 atom stereocenters. The van der Waals surface area contributed by atoms with Gasteiger partial charge in [-0.1, -0.05) is 13.8 Å². The number of rotatable bonds is 4. The molecule has 14 heavy (non-hydrogen) atoms. The van der Waals surface area contributed by atoms with E-state index >= 15 is 0 Å². The standard InChI is InChI=1S/C12H18O2/c1-5-10(6-2)12(13)11-7-8(3)14-9(11)4/h7,10H,5-6H2,1-4H3. The minimum Gasteiger partial charge on any atom is -0.466 e. The van der Waals surface area contributed by atoms with Gasteiger partial charge in [0.25, 0.3) is 0 Å². The lowest BCUT2D eigenvalue weighted by Gasteiger charge is -2.09. The molecule has 0 N–H and O–H groups in total. The monoisotopic (exact) mass is 194 g/mol. The molecule has 0 spiro atoms. The molecular weight excluding hydrogens is 176 g/mol. The van der Waals surface area contributed by atoms with Crippen LogP contribution < -0.4 is 0 Å². The van der Waals surface area contributed by atoms with Gasteiger partial charge in [-0.3, -0.25) is 4.79 Å². The van der Waals surface area contributed by atoms with Crippen molar-refractivity contribution in [1.82, 2.24) is 0 Å². The van der Waals surface area contributed by atoms with E-state index in [0.717, 1.165) is 29.9 Å². The lowest BCUT2D eigenvalue weighted by atomic mass is 9.93. The van der Waals surface area contributed by atoms with Gasteiger partial charge in [-0.05, 0) is 32.8 Å². The first-order valence-electron chi connectivity index (χ1n) is 5.21. The van der Waals surface area contributed by atoms with Gasteiger partial charge in [-0.15, -0.1) is 0 Å². The fraction of sp³-hybridized carbons (Fsp3) is 0.583. The summed E-state index contributed by atoms with van der Waals surface area (Å²) in [6.45, 7) is 7.82. The van der Waals surface area contributed by atoms with E-state index in [-0.39, 0.29) is 11.7 Å². The third-order valence-corrected chi connectivity index (χ3v) is 2.66. The van der Waals surface area contributed by atoms with Crippen molar-refractivity contribution >= 4 is 5.78 Å². The molecule has 0 saturated heterocycles. The summed E-state index contributed by atoms with van der Waals surface area (Å²) in [5.41, 5.74) is 0.760. The molecule has 0 aliphatic rings. The Bertz CT molecular complexity index is 319. The molecule has 2 nitrogen and oxygen atoms in total. The van der Waals surface area contributed by atoms with Crippen molar-refractivity contribution in [3.63, 3.8) is 0 Å². The Balaban J connectivity index is 2.93. The normalized spacial score (nSPS) is 10.9. The van der Waals surface area contributed by atoms with E-state index in [1.54, 1.807) is 0 Å². The highest BCUT2D eigenvalue weighted by Gasteiger charge is 2.20. The smallest absolute Gasteiger partial charge is 0.169 e. The fourth-order valence-electron chi connectivity index (χ4n) is 1.75. The van der Waals surface area contributed by atoms with Gasteiger partial charge in [0.05, 0.1) is 5.56 Å². The van der Waals surface area contributed by atoms with Crippen molar-refractivity contribution in [2.24, 2.45) is 5.92 Å². The van der Waals surface area contributed by atoms with Gasteiger partial charge < -0.3 is 4.42 Å². The van der Waals surface area contributed by atoms with Gasteiger partial charge in [-0.25, -0.2) is 0 Å². The second-order valence-corrected chi connectivity index (χ2v) is 3.70. The van der Waals surface area contributed by atoms with Crippen molar-refractivity contribution in [2.45, 2.75) is 40.5 Å². The van der Waals surface area contributed by atoms with Gasteiger partial charge >= 0.3 is 0 Å². The fourth-order valence-corrected chi connectivity index (χ4v) is 1.75. The summed E-state index contributed by atoms with van der Waals surface area (Å²) in [6.07, 6.45) is 1.80. The maximum Gasteiger partial charge on any atom is 0.169 e. The number of carbonyl (C=O) groups excluding carboxylic acids is 1. The minimum absolute atomic E-state index is 0.144. The summed E-state index contributed by atoms with van der Waals surface area (Å²) in [6, 6.07) is 1.84. The van der Waals surface area contributed by atoms with Crippen LogP contribution in [0.4, 0.5) is 0 Å². The highest BCUT2D eigenvalue weighted by Crippen LogP contribution is 2.21. The third kappa shape index (κ3) is 2.06. The van der Waals surface area contributed by atoms with E-state index in [9.17, 15) is 4.79 Å². The Labute approximate surface area is 85.3 Å². The molecule has 0 amide bonds. The van der Waals surface area contributed by atoms with Crippen molar-refractivity contribution in [2.75, 3.05) is 0 Å². The number of aryl methyl sites for hydroxylation is 2. The number of hydrogen-bond donors (Lipinski definition) is 0. The predicted octanol–water partition coefficient (Wildman–Crippen LogP) is 3.52. The number of Topliss-reactive ketones (excluding diaryl/α,β-unsaturated/α-hetero) is 1. The molecule has 0 saturated carbocycles. The highest BCUT2D eigenvalue weighted by molar-refractivity contribution is 5.98. The van der Waals surface area contributed by atoms with Gasteiger partial charge in [0, 0.05) is 5.92 Å². The molecular formula is C12H18O2. The molecule has 0 bridgehead atoms. The predicted molar refractivity (Wildman–Crippen MR) is 56.6 cm³/mol. The van der Waals surface area contributed by atoms with E-state index in [2.05, 4.69) is 0 Å². The van der Waals surface area contributed by atoms with Crippen molar-refractivity contribution in [3.05, 3.63) is 23.2 Å². The molecule has 78 valence electrons. The molecule has 0 unspecified atom stereocenters. The average Bonchev–Trinajstić information content (AvgIpc) is 2.47. The quantitative estimate of drug-likeness (QED) is 0.686. The van der Waals surface area contributed by atoms with Crippen LogP contribution in [0.5, 0.6) is 0 Å². The van der Waals surface area contributed by atoms with E-state index in [0.29, 0.717) is 0 Å². The highest BCUT2D eigenvalue weighted by atomic mass is 16.3. The number of ketones is 1. The number of carbonyl (C=O) groups is 1. The Kier molecular flexibility index (Phi) is 3.50. The molecule has 1 rings (SSSR count). The van der Waals surface area contributed by atoms with Crippen molar-refractivity contribution in [3.8, 4) is 0 Å². The first-order chi connectivity index (χ1) is 6.60. The van der Waals surface area contributed by atoms with E-state index in [1.165, 1.54) is 0 Å². The lowest BCUT2D eigenvalue weighted by Crippen LogP contribution is -2.13. The van der Waals surface area contributed by atoms with Crippen LogP contribution in [0.2, 0.25) is 0 Å². The van der Waals surface area contributed by atoms with Crippen molar-refractivity contribution in [1.29, 1.82) is 0 Å². The third-order valence-electron chi connectivity index (χ3n) is 2.66. The molecule has 1 aromatic rings. The topological polar surface area (TPSA) is 30.2 Å². The number of furan rings is 1. The molecule has 1 heterocycles. The first kappa shape index (κ1) is 11.0. The zero-order valence-corrected chi connectivity index (χ0v) is 9.39. The van der Waals surface area contributed by atoms with Gasteiger partial charge in [0.15, 0.2) is 5.78 Å². The largest absolute Gasteiger partial charge is 0.466 e. The molecule has 0 fully saturated rings. The van der Waals surface area contributed by atoms with Crippen LogP contribution in [0, 0.1) is 19.8 Å². The molecule has 0 aliphatic heterocycles. The summed E-state index contributed by atoms with van der Waals surface area (Å²) in [5, 5.41) is 0. The first-order valence-corrected chi connectivity index (χ1v) is 5.21. The zero-order chi connectivity index (χ0) is 10.7. The average molecular weight is 194 g/mol. The van der Waals surface area contributed by atoms with Crippen LogP contribution >= 0.6 is 0 Å². The molecule has 0 aliphatic carbocycles. The van der Waals surface area contributed by atoms with E-state index in [4.69, 9.17) is 4.42 Å². The van der Waals surface area contributed by atoms with Crippen LogP contribution in [-0.4, -0.2) is 5.78 Å². The minimum atomic E-state index is 0.144. The number of hydrogen-bond acceptors (Lipinski definition) is 2. The second-order valence-electron chi connectivity index (χ2n) is 3.70. The SMILES string of the molecule is CCC(CC)C(=O)c1cc(C)oc1C. The summed E-state index contributed by atoms with van der Waals surface area (Å²) in [7, 11) is 0. The maximum absolute atomic E-state index is 12.0. The summed E-state index contributed by atoms with van der Waals surface area (Å²) >= 11 is 0. The summed E-state index contributed by atoms with van der Waals surface area (Å²) in [5.74, 6) is 1.94. The Morgan fingerprint density at radius 3 is 2.29 bits per heavy atom. The zero-order valence-electron chi connectivity index (χ0n) is 9.39. The Morgan fingerprint density at radius 1 is 1.36 bits per heavy atom. The molecule has 0 radical (unpaired) electrons. The lowest BCUT2D eigenvalue weighted by molar-refractivity contribution is 0.0912. The van der Waals surface area contributed by atoms with E-state index in [1.807, 2.05) is 33.8 Å². The van der Waals surface area contributed by atoms with Crippen LogP contribution in [-0.2, 0) is 0 Å². The Morgan fingerprint density at radius 2 is 1.93 bits per heavy atom. The molecule has 1 aromatic heterocycles. The van der Waals surface area contributed by atoms with Crippen LogP contribution in [0.15, 0.2) is 10.5 Å². The molecule has 0 aromatic carbocycles. The van der Waals surface area contributed by atoms with Gasteiger partial charge in [0.1, 0.15) is 11.5 Å². The van der Waals surface area contributed by atoms with Crippen LogP contribution in [0.1, 0.15) is 48.6 Å². The van der Waals surface area contributed by atoms with E-state index < -0.39 is 0 Å². The van der Waals surface area contributed by atoms with Crippen molar-refractivity contribution < 1.29 is 9.21 Å². The van der Waals surface area contributed by atoms with Crippen LogP contribution in [0.3, 0.4) is 0 Å². The second kappa shape index (κ2) is 4.45. The Hall–Kier alpha value is -1.05. The van der Waals surface area contributed by atoms with Gasteiger partial charge in [0.2, 0.25) is 0 Å². The maximum atomic E-state index is 12.0. The van der Waals surface area contributed by atoms with Gasteiger partial charge in [-0.2, -0.15) is 0 Å².